The van der Waals surface area contributed by atoms with Crippen molar-refractivity contribution in [1.82, 2.24) is 0 Å². The second-order valence-corrected chi connectivity index (χ2v) is 3.48. The summed E-state index contributed by atoms with van der Waals surface area (Å²) < 4.78 is 10.1. The van der Waals surface area contributed by atoms with Gasteiger partial charge in [-0.25, -0.2) is 0 Å². The van der Waals surface area contributed by atoms with Crippen molar-refractivity contribution in [1.29, 1.82) is 0 Å². The molecule has 0 saturated heterocycles. The van der Waals surface area contributed by atoms with E-state index in [-0.39, 0.29) is 0 Å². The van der Waals surface area contributed by atoms with Gasteiger partial charge in [-0.3, -0.25) is 0 Å². The van der Waals surface area contributed by atoms with Crippen LogP contribution in [0.1, 0.15) is 12.0 Å². The molecule has 0 aliphatic heterocycles. The Morgan fingerprint density at radius 1 is 1.13 bits per heavy atom. The molecule has 0 fully saturated rings. The molecule has 4 heteroatoms. The minimum atomic E-state index is 0.338. The Balaban J connectivity index is 2.12. The summed E-state index contributed by atoms with van der Waals surface area (Å²) in [6, 6.07) is 7.31. The summed E-state index contributed by atoms with van der Waals surface area (Å²) in [6.45, 7) is 1.95. The zero-order chi connectivity index (χ0) is 10.9. The number of phenols is 1. The molecule has 0 unspecified atom stereocenters. The van der Waals surface area contributed by atoms with Gasteiger partial charge in [0.2, 0.25) is 10.5 Å². The smallest absolute Gasteiger partial charge is 0.246 e. The van der Waals surface area contributed by atoms with Crippen molar-refractivity contribution >= 4 is 10.5 Å². The first-order chi connectivity index (χ1) is 7.34. The average molecular weight is 223 g/mol. The summed E-state index contributed by atoms with van der Waals surface area (Å²) in [5.74, 6) is 0.338. The summed E-state index contributed by atoms with van der Waals surface area (Å²) in [4.78, 5) is 0. The van der Waals surface area contributed by atoms with E-state index in [1.54, 1.807) is 6.07 Å². The molecule has 0 amide bonds. The predicted molar refractivity (Wildman–Crippen MR) is 59.0 cm³/mol. The Bertz CT molecular complexity index is 278. The molecule has 0 saturated carbocycles. The summed E-state index contributed by atoms with van der Waals surface area (Å²) in [6.07, 6.45) is 1.60. The quantitative estimate of drug-likeness (QED) is 0.561. The van der Waals surface area contributed by atoms with Crippen LogP contribution in [0.25, 0.3) is 0 Å². The fourth-order valence-electron chi connectivity index (χ4n) is 1.24. The van der Waals surface area contributed by atoms with Crippen LogP contribution in [-0.2, 0) is 15.6 Å². The highest BCUT2D eigenvalue weighted by atomic mass is 28.2. The van der Waals surface area contributed by atoms with Crippen molar-refractivity contribution in [3.05, 3.63) is 29.8 Å². The summed E-state index contributed by atoms with van der Waals surface area (Å²) in [5.41, 5.74) is 0.925. The third-order valence-corrected chi connectivity index (χ3v) is 2.25. The standard InChI is InChI=1S/C11H15O3Si/c12-11-5-2-1-4-10(11)6-9-13-7-3-8-14-15/h1-2,4-5,12H,3,6-9H2. The first-order valence-corrected chi connectivity index (χ1v) is 5.38. The lowest BCUT2D eigenvalue weighted by molar-refractivity contribution is 0.123. The maximum absolute atomic E-state index is 9.47. The van der Waals surface area contributed by atoms with Crippen molar-refractivity contribution in [2.45, 2.75) is 12.8 Å². The van der Waals surface area contributed by atoms with Crippen LogP contribution in [0.5, 0.6) is 5.75 Å². The average Bonchev–Trinajstić information content (AvgIpc) is 2.25. The van der Waals surface area contributed by atoms with Gasteiger partial charge in [0.15, 0.2) is 0 Å². The molecule has 15 heavy (non-hydrogen) atoms. The topological polar surface area (TPSA) is 38.7 Å². The van der Waals surface area contributed by atoms with Crippen LogP contribution < -0.4 is 0 Å². The van der Waals surface area contributed by atoms with E-state index in [0.29, 0.717) is 25.6 Å². The summed E-state index contributed by atoms with van der Waals surface area (Å²) >= 11 is 0. The number of hydrogen-bond donors (Lipinski definition) is 1. The van der Waals surface area contributed by atoms with Crippen molar-refractivity contribution in [3.8, 4) is 5.75 Å². The highest BCUT2D eigenvalue weighted by Crippen LogP contribution is 2.15. The molecule has 0 aliphatic rings. The Hall–Kier alpha value is -0.843. The molecule has 81 valence electrons. The second kappa shape index (κ2) is 7.45. The van der Waals surface area contributed by atoms with Crippen molar-refractivity contribution < 1.29 is 14.3 Å². The van der Waals surface area contributed by atoms with Crippen LogP contribution in [-0.4, -0.2) is 35.4 Å². The number of ether oxygens (including phenoxy) is 1. The molecule has 3 nitrogen and oxygen atoms in total. The number of phenolic OH excluding ortho intramolecular Hbond substituents is 1. The Morgan fingerprint density at radius 2 is 1.93 bits per heavy atom. The Labute approximate surface area is 93.6 Å². The van der Waals surface area contributed by atoms with Crippen molar-refractivity contribution in [3.63, 3.8) is 0 Å². The SMILES string of the molecule is Oc1ccccc1CCOCCCO[Si]. The molecule has 1 N–H and O–H groups in total. The van der Waals surface area contributed by atoms with Gasteiger partial charge in [-0.2, -0.15) is 0 Å². The predicted octanol–water partition coefficient (Wildman–Crippen LogP) is 1.44. The van der Waals surface area contributed by atoms with Gasteiger partial charge in [-0.15, -0.1) is 0 Å². The lowest BCUT2D eigenvalue weighted by Crippen LogP contribution is -2.03. The molecule has 1 aromatic carbocycles. The summed E-state index contributed by atoms with van der Waals surface area (Å²) in [5, 5.41) is 9.47. The van der Waals surface area contributed by atoms with E-state index in [9.17, 15) is 5.11 Å². The molecule has 3 radical (unpaired) electrons. The number of para-hydroxylation sites is 1. The van der Waals surface area contributed by atoms with E-state index in [4.69, 9.17) is 9.16 Å². The number of rotatable bonds is 7. The molecule has 0 heterocycles. The van der Waals surface area contributed by atoms with Gasteiger partial charge in [0.05, 0.1) is 6.61 Å². The molecular formula is C11H15O3Si. The molecule has 0 atom stereocenters. The fraction of sp³-hybridized carbons (Fsp3) is 0.455. The largest absolute Gasteiger partial charge is 0.508 e. The van der Waals surface area contributed by atoms with Crippen molar-refractivity contribution in [2.24, 2.45) is 0 Å². The minimum Gasteiger partial charge on any atom is -0.508 e. The molecule has 0 spiro atoms. The van der Waals surface area contributed by atoms with E-state index in [0.717, 1.165) is 18.4 Å². The molecule has 1 rings (SSSR count). The lowest BCUT2D eigenvalue weighted by Gasteiger charge is -2.05. The van der Waals surface area contributed by atoms with Gasteiger partial charge < -0.3 is 14.3 Å². The van der Waals surface area contributed by atoms with Gasteiger partial charge in [0.25, 0.3) is 0 Å². The van der Waals surface area contributed by atoms with Crippen LogP contribution >= 0.6 is 0 Å². The number of benzene rings is 1. The van der Waals surface area contributed by atoms with E-state index < -0.39 is 0 Å². The van der Waals surface area contributed by atoms with Crippen LogP contribution in [0.15, 0.2) is 24.3 Å². The normalized spacial score (nSPS) is 10.5. The first kappa shape index (κ1) is 12.2. The summed E-state index contributed by atoms with van der Waals surface area (Å²) in [7, 11) is 2.92. The molecule has 0 aliphatic carbocycles. The third kappa shape index (κ3) is 4.97. The van der Waals surface area contributed by atoms with Crippen LogP contribution in [0, 0.1) is 0 Å². The third-order valence-electron chi connectivity index (χ3n) is 2.04. The van der Waals surface area contributed by atoms with Gasteiger partial charge in [-0.1, -0.05) is 18.2 Å². The van der Waals surface area contributed by atoms with E-state index in [2.05, 4.69) is 10.5 Å². The minimum absolute atomic E-state index is 0.338. The van der Waals surface area contributed by atoms with Crippen molar-refractivity contribution in [2.75, 3.05) is 19.8 Å². The van der Waals surface area contributed by atoms with Gasteiger partial charge in [-0.05, 0) is 24.5 Å². The van der Waals surface area contributed by atoms with Gasteiger partial charge in [0.1, 0.15) is 5.75 Å². The number of aromatic hydroxyl groups is 1. The zero-order valence-electron chi connectivity index (χ0n) is 8.61. The fourth-order valence-corrected chi connectivity index (χ4v) is 1.38. The Kier molecular flexibility index (Phi) is 6.07. The molecule has 0 bridgehead atoms. The maximum atomic E-state index is 9.47. The second-order valence-electron chi connectivity index (χ2n) is 3.19. The van der Waals surface area contributed by atoms with E-state index in [1.807, 2.05) is 18.2 Å². The monoisotopic (exact) mass is 223 g/mol. The zero-order valence-corrected chi connectivity index (χ0v) is 9.61. The molecule has 0 aromatic heterocycles. The molecular weight excluding hydrogens is 208 g/mol. The van der Waals surface area contributed by atoms with Crippen LogP contribution in [0.3, 0.4) is 0 Å². The highest BCUT2D eigenvalue weighted by Gasteiger charge is 1.98. The van der Waals surface area contributed by atoms with Crippen LogP contribution in [0.4, 0.5) is 0 Å². The highest BCUT2D eigenvalue weighted by molar-refractivity contribution is 5.97. The van der Waals surface area contributed by atoms with Gasteiger partial charge >= 0.3 is 0 Å². The van der Waals surface area contributed by atoms with E-state index >= 15 is 0 Å². The maximum Gasteiger partial charge on any atom is 0.246 e. The first-order valence-electron chi connectivity index (χ1n) is 4.97. The number of hydrogen-bond acceptors (Lipinski definition) is 3. The molecule has 1 aromatic rings. The van der Waals surface area contributed by atoms with Gasteiger partial charge in [0, 0.05) is 13.2 Å². The van der Waals surface area contributed by atoms with Crippen LogP contribution in [0.2, 0.25) is 0 Å². The lowest BCUT2D eigenvalue weighted by atomic mass is 10.1. The Morgan fingerprint density at radius 3 is 2.67 bits per heavy atom. The van der Waals surface area contributed by atoms with E-state index in [1.165, 1.54) is 0 Å².